The molecule has 0 radical (unpaired) electrons. The molecule has 2 amide bonds. The molecule has 0 atom stereocenters. The van der Waals surface area contributed by atoms with Crippen LogP contribution in [0.4, 0.5) is 20.6 Å². The Hall–Kier alpha value is -2.91. The van der Waals surface area contributed by atoms with Gasteiger partial charge in [0, 0.05) is 27.3 Å². The predicted octanol–water partition coefficient (Wildman–Crippen LogP) is 6.48. The average Bonchev–Trinajstić information content (AvgIpc) is 3.13. The quantitative estimate of drug-likeness (QED) is 0.400. The summed E-state index contributed by atoms with van der Waals surface area (Å²) in [4.78, 5) is 30.0. The van der Waals surface area contributed by atoms with Gasteiger partial charge in [-0.3, -0.25) is 10.1 Å². The van der Waals surface area contributed by atoms with Gasteiger partial charge in [0.1, 0.15) is 11.4 Å². The maximum Gasteiger partial charge on any atom is 0.412 e. The monoisotopic (exact) mass is 473 g/mol. The average molecular weight is 474 g/mol. The molecule has 2 N–H and O–H groups in total. The van der Waals surface area contributed by atoms with Gasteiger partial charge in [-0.15, -0.1) is 23.1 Å². The molecule has 9 heteroatoms. The van der Waals surface area contributed by atoms with Crippen LogP contribution in [0.2, 0.25) is 0 Å². The molecule has 6 nitrogen and oxygen atoms in total. The van der Waals surface area contributed by atoms with Gasteiger partial charge in [-0.05, 0) is 70.2 Å². The third kappa shape index (κ3) is 7.06. The van der Waals surface area contributed by atoms with Gasteiger partial charge in [-0.1, -0.05) is 0 Å². The first-order valence-corrected chi connectivity index (χ1v) is 11.7. The standard InChI is InChI=1S/C23H24FN3O3S2/c1-14-25-17(12-31-14)13-32-18-8-5-15(6-9-18)21(28)26-16-7-10-19(24)20(11-16)27-22(29)30-23(2,3)4/h5-12H,13H2,1-4H3,(H,26,28)(H,27,29). The number of anilines is 2. The number of carbonyl (C=O) groups excluding carboxylic acids is 2. The number of benzene rings is 2. The maximum absolute atomic E-state index is 14.1. The van der Waals surface area contributed by atoms with Gasteiger partial charge in [-0.25, -0.2) is 14.2 Å². The van der Waals surface area contributed by atoms with Crippen molar-refractivity contribution in [2.45, 2.75) is 43.9 Å². The van der Waals surface area contributed by atoms with Crippen molar-refractivity contribution < 1.29 is 18.7 Å². The summed E-state index contributed by atoms with van der Waals surface area (Å²) in [5.41, 5.74) is 1.05. The normalized spacial score (nSPS) is 11.2. The Bertz CT molecular complexity index is 1110. The Balaban J connectivity index is 1.60. The van der Waals surface area contributed by atoms with Crippen molar-refractivity contribution in [3.63, 3.8) is 0 Å². The number of nitrogens with one attached hydrogen (secondary N) is 2. The highest BCUT2D eigenvalue weighted by Crippen LogP contribution is 2.25. The molecule has 0 saturated carbocycles. The molecule has 0 unspecified atom stereocenters. The van der Waals surface area contributed by atoms with Crippen LogP contribution in [0.1, 0.15) is 41.8 Å². The predicted molar refractivity (Wildman–Crippen MR) is 127 cm³/mol. The summed E-state index contributed by atoms with van der Waals surface area (Å²) in [6.07, 6.45) is -0.777. The van der Waals surface area contributed by atoms with Gasteiger partial charge in [0.25, 0.3) is 5.91 Å². The number of aromatic nitrogens is 1. The van der Waals surface area contributed by atoms with E-state index in [9.17, 15) is 14.0 Å². The minimum Gasteiger partial charge on any atom is -0.444 e. The van der Waals surface area contributed by atoms with Crippen LogP contribution in [0.15, 0.2) is 52.7 Å². The molecule has 0 fully saturated rings. The largest absolute Gasteiger partial charge is 0.444 e. The lowest BCUT2D eigenvalue weighted by molar-refractivity contribution is 0.0635. The fourth-order valence-corrected chi connectivity index (χ4v) is 4.16. The molecule has 1 heterocycles. The highest BCUT2D eigenvalue weighted by molar-refractivity contribution is 7.98. The smallest absolute Gasteiger partial charge is 0.412 e. The number of rotatable bonds is 6. The van der Waals surface area contributed by atoms with Crippen molar-refractivity contribution in [2.75, 3.05) is 10.6 Å². The molecule has 0 bridgehead atoms. The summed E-state index contributed by atoms with van der Waals surface area (Å²) in [6.45, 7) is 7.11. The Labute approximate surface area is 194 Å². The molecule has 3 rings (SSSR count). The van der Waals surface area contributed by atoms with Crippen molar-refractivity contribution in [2.24, 2.45) is 0 Å². The maximum atomic E-state index is 14.1. The lowest BCUT2D eigenvalue weighted by atomic mass is 10.2. The van der Waals surface area contributed by atoms with Crippen molar-refractivity contribution >= 4 is 46.5 Å². The number of amides is 2. The molecular formula is C23H24FN3O3S2. The number of hydrogen-bond acceptors (Lipinski definition) is 6. The molecular weight excluding hydrogens is 449 g/mol. The van der Waals surface area contributed by atoms with Crippen LogP contribution < -0.4 is 10.6 Å². The SMILES string of the molecule is Cc1nc(CSc2ccc(C(=O)Nc3ccc(F)c(NC(=O)OC(C)(C)C)c3)cc2)cs1. The second-order valence-corrected chi connectivity index (χ2v) is 10.1. The number of nitrogens with zero attached hydrogens (tertiary/aromatic N) is 1. The Morgan fingerprint density at radius 1 is 1.12 bits per heavy atom. The summed E-state index contributed by atoms with van der Waals surface area (Å²) in [5.74, 6) is -0.212. The molecule has 0 aliphatic rings. The van der Waals surface area contributed by atoms with E-state index in [0.717, 1.165) is 21.3 Å². The topological polar surface area (TPSA) is 80.3 Å². The van der Waals surface area contributed by atoms with E-state index in [4.69, 9.17) is 4.74 Å². The zero-order valence-corrected chi connectivity index (χ0v) is 19.8. The van der Waals surface area contributed by atoms with Crippen LogP contribution in [0.3, 0.4) is 0 Å². The van der Waals surface area contributed by atoms with Crippen molar-refractivity contribution in [1.29, 1.82) is 0 Å². The Kier molecular flexibility index (Phi) is 7.52. The molecule has 32 heavy (non-hydrogen) atoms. The first-order chi connectivity index (χ1) is 15.1. The van der Waals surface area contributed by atoms with E-state index >= 15 is 0 Å². The highest BCUT2D eigenvalue weighted by atomic mass is 32.2. The highest BCUT2D eigenvalue weighted by Gasteiger charge is 2.18. The molecule has 0 spiro atoms. The van der Waals surface area contributed by atoms with Crippen LogP contribution in [-0.4, -0.2) is 22.6 Å². The number of thioether (sulfide) groups is 1. The Morgan fingerprint density at radius 2 is 1.84 bits per heavy atom. The summed E-state index contributed by atoms with van der Waals surface area (Å²) in [5, 5.41) is 8.16. The molecule has 168 valence electrons. The number of ether oxygens (including phenoxy) is 1. The van der Waals surface area contributed by atoms with E-state index in [0.29, 0.717) is 11.3 Å². The molecule has 0 aliphatic carbocycles. The fraction of sp³-hybridized carbons (Fsp3) is 0.261. The van der Waals surface area contributed by atoms with E-state index in [1.807, 2.05) is 24.4 Å². The first-order valence-electron chi connectivity index (χ1n) is 9.84. The van der Waals surface area contributed by atoms with Crippen LogP contribution in [0.5, 0.6) is 0 Å². The second kappa shape index (κ2) is 10.1. The zero-order chi connectivity index (χ0) is 23.3. The third-order valence-electron chi connectivity index (χ3n) is 4.03. The number of thiazole rings is 1. The van der Waals surface area contributed by atoms with E-state index < -0.39 is 17.5 Å². The zero-order valence-electron chi connectivity index (χ0n) is 18.2. The molecule has 1 aromatic heterocycles. The summed E-state index contributed by atoms with van der Waals surface area (Å²) >= 11 is 3.27. The van der Waals surface area contributed by atoms with Gasteiger partial charge in [0.05, 0.1) is 16.4 Å². The van der Waals surface area contributed by atoms with Gasteiger partial charge >= 0.3 is 6.09 Å². The Morgan fingerprint density at radius 3 is 2.47 bits per heavy atom. The van der Waals surface area contributed by atoms with E-state index in [1.54, 1.807) is 56.0 Å². The minimum atomic E-state index is -0.777. The molecule has 2 aromatic carbocycles. The molecule has 3 aromatic rings. The number of halogens is 1. The third-order valence-corrected chi connectivity index (χ3v) is 5.90. The van der Waals surface area contributed by atoms with E-state index in [2.05, 4.69) is 15.6 Å². The summed E-state index contributed by atoms with van der Waals surface area (Å²) in [7, 11) is 0. The molecule has 0 aliphatic heterocycles. The fourth-order valence-electron chi connectivity index (χ4n) is 2.65. The molecule has 0 saturated heterocycles. The van der Waals surface area contributed by atoms with Gasteiger partial charge < -0.3 is 10.1 Å². The van der Waals surface area contributed by atoms with Crippen molar-refractivity contribution in [3.05, 3.63) is 69.9 Å². The van der Waals surface area contributed by atoms with Crippen molar-refractivity contribution in [3.8, 4) is 0 Å². The number of carbonyl (C=O) groups is 2. The van der Waals surface area contributed by atoms with Gasteiger partial charge in [0.2, 0.25) is 0 Å². The summed E-state index contributed by atoms with van der Waals surface area (Å²) < 4.78 is 19.2. The second-order valence-electron chi connectivity index (χ2n) is 7.95. The van der Waals surface area contributed by atoms with Crippen LogP contribution in [0.25, 0.3) is 0 Å². The van der Waals surface area contributed by atoms with E-state index in [-0.39, 0.29) is 11.6 Å². The number of hydrogen-bond donors (Lipinski definition) is 2. The van der Waals surface area contributed by atoms with Crippen LogP contribution in [0, 0.1) is 12.7 Å². The summed E-state index contributed by atoms with van der Waals surface area (Å²) in [6, 6.07) is 11.1. The van der Waals surface area contributed by atoms with Crippen LogP contribution >= 0.6 is 23.1 Å². The lowest BCUT2D eigenvalue weighted by Crippen LogP contribution is -2.27. The van der Waals surface area contributed by atoms with E-state index in [1.165, 1.54) is 18.2 Å². The van der Waals surface area contributed by atoms with Crippen LogP contribution in [-0.2, 0) is 10.5 Å². The first kappa shape index (κ1) is 23.7. The number of aryl methyl sites for hydroxylation is 1. The lowest BCUT2D eigenvalue weighted by Gasteiger charge is -2.20. The van der Waals surface area contributed by atoms with Gasteiger partial charge in [0.15, 0.2) is 0 Å². The van der Waals surface area contributed by atoms with Crippen molar-refractivity contribution in [1.82, 2.24) is 4.98 Å². The van der Waals surface area contributed by atoms with Gasteiger partial charge in [-0.2, -0.15) is 0 Å². The minimum absolute atomic E-state index is 0.0823.